The molecule has 2 aromatic carbocycles. The Kier molecular flexibility index (Phi) is 5.62. The second-order valence-electron chi connectivity index (χ2n) is 4.92. The van der Waals surface area contributed by atoms with Crippen LogP contribution in [0.4, 0.5) is 0 Å². The Balaban J connectivity index is 2.19. The van der Waals surface area contributed by atoms with E-state index in [0.29, 0.717) is 11.6 Å². The van der Waals surface area contributed by atoms with Gasteiger partial charge in [0, 0.05) is 16.6 Å². The van der Waals surface area contributed by atoms with E-state index in [0.717, 1.165) is 16.9 Å². The molecule has 21 heavy (non-hydrogen) atoms. The largest absolute Gasteiger partial charge is 0.496 e. The van der Waals surface area contributed by atoms with E-state index >= 15 is 0 Å². The highest BCUT2D eigenvalue weighted by Gasteiger charge is 2.21. The molecule has 0 fully saturated rings. The highest BCUT2D eigenvalue weighted by Crippen LogP contribution is 2.30. The summed E-state index contributed by atoms with van der Waals surface area (Å²) in [5.41, 5.74) is 7.97. The summed E-state index contributed by atoms with van der Waals surface area (Å²) in [6.07, 6.45) is -0.252. The molecular formula is C17H20ClNO2. The van der Waals surface area contributed by atoms with Gasteiger partial charge in [0.2, 0.25) is 0 Å². The zero-order valence-electron chi connectivity index (χ0n) is 12.3. The van der Waals surface area contributed by atoms with E-state index in [4.69, 9.17) is 26.8 Å². The molecule has 0 saturated carbocycles. The lowest BCUT2D eigenvalue weighted by Crippen LogP contribution is -2.27. The van der Waals surface area contributed by atoms with Crippen molar-refractivity contribution in [3.05, 3.63) is 64.7 Å². The third kappa shape index (κ3) is 3.97. The topological polar surface area (TPSA) is 44.5 Å². The minimum atomic E-state index is -0.252. The van der Waals surface area contributed by atoms with Gasteiger partial charge in [-0.15, -0.1) is 0 Å². The van der Waals surface area contributed by atoms with Gasteiger partial charge in [0.15, 0.2) is 0 Å². The van der Waals surface area contributed by atoms with Crippen molar-refractivity contribution >= 4 is 11.6 Å². The molecule has 112 valence electrons. The van der Waals surface area contributed by atoms with E-state index in [1.807, 2.05) is 55.5 Å². The monoisotopic (exact) mass is 305 g/mol. The lowest BCUT2D eigenvalue weighted by atomic mass is 10.0. The summed E-state index contributed by atoms with van der Waals surface area (Å²) in [5.74, 6) is 0.777. The number of rotatable bonds is 6. The van der Waals surface area contributed by atoms with Gasteiger partial charge in [-0.2, -0.15) is 0 Å². The van der Waals surface area contributed by atoms with E-state index in [1.54, 1.807) is 7.11 Å². The first-order chi connectivity index (χ1) is 10.1. The molecule has 0 aliphatic carbocycles. The van der Waals surface area contributed by atoms with Crippen LogP contribution in [-0.2, 0) is 11.3 Å². The van der Waals surface area contributed by atoms with Crippen LogP contribution >= 0.6 is 11.6 Å². The molecule has 0 amide bonds. The smallest absolute Gasteiger partial charge is 0.124 e. The number of nitrogens with two attached hydrogens (primary N) is 1. The van der Waals surface area contributed by atoms with Crippen LogP contribution in [0.2, 0.25) is 5.02 Å². The van der Waals surface area contributed by atoms with Gasteiger partial charge in [-0.3, -0.25) is 0 Å². The van der Waals surface area contributed by atoms with Gasteiger partial charge in [-0.1, -0.05) is 48.0 Å². The zero-order valence-corrected chi connectivity index (χ0v) is 13.0. The zero-order chi connectivity index (χ0) is 15.2. The van der Waals surface area contributed by atoms with E-state index in [9.17, 15) is 0 Å². The first-order valence-corrected chi connectivity index (χ1v) is 7.24. The van der Waals surface area contributed by atoms with E-state index in [1.165, 1.54) is 0 Å². The average molecular weight is 306 g/mol. The van der Waals surface area contributed by atoms with Gasteiger partial charge in [-0.05, 0) is 24.6 Å². The van der Waals surface area contributed by atoms with Crippen molar-refractivity contribution in [3.63, 3.8) is 0 Å². The molecule has 0 spiro atoms. The third-order valence-corrected chi connectivity index (χ3v) is 3.67. The minimum Gasteiger partial charge on any atom is -0.496 e. The Morgan fingerprint density at radius 2 is 1.76 bits per heavy atom. The molecule has 0 aromatic heterocycles. The van der Waals surface area contributed by atoms with Gasteiger partial charge in [0.1, 0.15) is 11.9 Å². The van der Waals surface area contributed by atoms with Crippen LogP contribution in [0.5, 0.6) is 5.75 Å². The predicted octanol–water partition coefficient (Wildman–Crippen LogP) is 3.95. The van der Waals surface area contributed by atoms with Crippen molar-refractivity contribution in [2.24, 2.45) is 5.73 Å². The Morgan fingerprint density at radius 1 is 1.10 bits per heavy atom. The minimum absolute atomic E-state index is 0.163. The average Bonchev–Trinajstić information content (AvgIpc) is 2.49. The van der Waals surface area contributed by atoms with Gasteiger partial charge in [-0.25, -0.2) is 0 Å². The van der Waals surface area contributed by atoms with Gasteiger partial charge >= 0.3 is 0 Å². The fraction of sp³-hybridized carbons (Fsp3) is 0.294. The van der Waals surface area contributed by atoms with Crippen molar-refractivity contribution in [1.29, 1.82) is 0 Å². The lowest BCUT2D eigenvalue weighted by molar-refractivity contribution is 0.0244. The number of methoxy groups -OCH3 is 1. The highest BCUT2D eigenvalue weighted by atomic mass is 35.5. The molecule has 2 unspecified atom stereocenters. The Bertz CT molecular complexity index is 587. The summed E-state index contributed by atoms with van der Waals surface area (Å²) in [6, 6.07) is 15.2. The van der Waals surface area contributed by atoms with E-state index in [-0.39, 0.29) is 12.1 Å². The molecule has 0 bridgehead atoms. The van der Waals surface area contributed by atoms with Crippen LogP contribution in [0.3, 0.4) is 0 Å². The molecule has 0 radical (unpaired) electrons. The number of benzene rings is 2. The maximum Gasteiger partial charge on any atom is 0.124 e. The van der Waals surface area contributed by atoms with Gasteiger partial charge < -0.3 is 15.2 Å². The standard InChI is InChI=1S/C17H20ClNO2/c1-12(19)17(14-8-4-6-10-16(14)20-2)21-11-13-7-3-5-9-15(13)18/h3-10,12,17H,11,19H2,1-2H3. The normalized spacial score (nSPS) is 13.7. The molecule has 2 rings (SSSR count). The molecule has 2 aromatic rings. The molecule has 2 N–H and O–H groups in total. The summed E-state index contributed by atoms with van der Waals surface area (Å²) in [4.78, 5) is 0. The highest BCUT2D eigenvalue weighted by molar-refractivity contribution is 6.31. The molecule has 0 aliphatic rings. The van der Waals surface area contributed by atoms with E-state index < -0.39 is 0 Å². The third-order valence-electron chi connectivity index (χ3n) is 3.30. The van der Waals surface area contributed by atoms with Crippen molar-refractivity contribution in [1.82, 2.24) is 0 Å². The maximum atomic E-state index is 6.16. The molecule has 2 atom stereocenters. The van der Waals surface area contributed by atoms with Crippen LogP contribution in [0.25, 0.3) is 0 Å². The molecule has 0 saturated heterocycles. The van der Waals surface area contributed by atoms with Gasteiger partial charge in [0.05, 0.1) is 13.7 Å². The second kappa shape index (κ2) is 7.46. The SMILES string of the molecule is COc1ccccc1C(OCc1ccccc1Cl)C(C)N. The summed E-state index contributed by atoms with van der Waals surface area (Å²) in [5, 5.41) is 0.695. The summed E-state index contributed by atoms with van der Waals surface area (Å²) < 4.78 is 11.4. The Hall–Kier alpha value is -1.55. The molecule has 4 heteroatoms. The number of para-hydroxylation sites is 1. The molecule has 0 aliphatic heterocycles. The fourth-order valence-corrected chi connectivity index (χ4v) is 2.41. The number of hydrogen-bond donors (Lipinski definition) is 1. The number of ether oxygens (including phenoxy) is 2. The van der Waals surface area contributed by atoms with Crippen molar-refractivity contribution < 1.29 is 9.47 Å². The van der Waals surface area contributed by atoms with Crippen molar-refractivity contribution in [3.8, 4) is 5.75 Å². The molecular weight excluding hydrogens is 286 g/mol. The quantitative estimate of drug-likeness (QED) is 0.878. The summed E-state index contributed by atoms with van der Waals surface area (Å²) >= 11 is 6.16. The fourth-order valence-electron chi connectivity index (χ4n) is 2.22. The molecule has 3 nitrogen and oxygen atoms in total. The van der Waals surface area contributed by atoms with Crippen LogP contribution in [0, 0.1) is 0 Å². The Labute approximate surface area is 130 Å². The second-order valence-corrected chi connectivity index (χ2v) is 5.33. The maximum absolute atomic E-state index is 6.16. The van der Waals surface area contributed by atoms with Crippen LogP contribution in [0.15, 0.2) is 48.5 Å². The van der Waals surface area contributed by atoms with Crippen molar-refractivity contribution in [2.75, 3.05) is 7.11 Å². The number of halogens is 1. The van der Waals surface area contributed by atoms with Gasteiger partial charge in [0.25, 0.3) is 0 Å². The van der Waals surface area contributed by atoms with Crippen LogP contribution in [0.1, 0.15) is 24.2 Å². The van der Waals surface area contributed by atoms with Crippen LogP contribution in [-0.4, -0.2) is 13.2 Å². The van der Waals surface area contributed by atoms with Crippen LogP contribution < -0.4 is 10.5 Å². The first kappa shape index (κ1) is 15.8. The van der Waals surface area contributed by atoms with E-state index in [2.05, 4.69) is 0 Å². The molecule has 0 heterocycles. The summed E-state index contributed by atoms with van der Waals surface area (Å²) in [7, 11) is 1.64. The van der Waals surface area contributed by atoms with Crippen molar-refractivity contribution in [2.45, 2.75) is 25.7 Å². The Morgan fingerprint density at radius 3 is 2.43 bits per heavy atom. The first-order valence-electron chi connectivity index (χ1n) is 6.87. The predicted molar refractivity (Wildman–Crippen MR) is 85.6 cm³/mol. The number of hydrogen-bond acceptors (Lipinski definition) is 3. The summed E-state index contributed by atoms with van der Waals surface area (Å²) in [6.45, 7) is 2.33. The lowest BCUT2D eigenvalue weighted by Gasteiger charge is -2.24.